The number of carbonyl (C=O) groups excluding carboxylic acids is 1. The Kier molecular flexibility index (Phi) is 3.79. The number of Topliss-reactive ketones (excluding diaryl/α,β-unsaturated/α-hetero) is 1. The molecule has 17 heavy (non-hydrogen) atoms. The minimum absolute atomic E-state index is 0.195. The van der Waals surface area contributed by atoms with Crippen LogP contribution >= 0.6 is 0 Å². The van der Waals surface area contributed by atoms with E-state index in [1.807, 2.05) is 12.1 Å². The number of hydrogen-bond donors (Lipinski definition) is 1. The van der Waals surface area contributed by atoms with E-state index in [1.165, 1.54) is 0 Å². The lowest BCUT2D eigenvalue weighted by molar-refractivity contribution is -0.122. The number of carbonyl (C=O) groups is 1. The van der Waals surface area contributed by atoms with Gasteiger partial charge in [-0.25, -0.2) is 0 Å². The Hall–Kier alpha value is -1.35. The van der Waals surface area contributed by atoms with Crippen LogP contribution in [0.2, 0.25) is 0 Å². The van der Waals surface area contributed by atoms with Gasteiger partial charge < -0.3 is 5.11 Å². The molecule has 0 aromatic heterocycles. The topological polar surface area (TPSA) is 40.5 Å². The Balaban J connectivity index is 1.97. The highest BCUT2D eigenvalue weighted by molar-refractivity contribution is 5.78. The molecule has 1 N–H and O–H groups in total. The van der Waals surface area contributed by atoms with Crippen LogP contribution in [0.25, 0.3) is 0 Å². The molecule has 1 atom stereocenters. The van der Waals surface area contributed by atoms with Gasteiger partial charge in [0.15, 0.2) is 0 Å². The number of nitrogens with zero attached hydrogens (tertiary/aromatic N) is 1. The van der Waals surface area contributed by atoms with Gasteiger partial charge in [0.1, 0.15) is 11.5 Å². The Bertz CT molecular complexity index is 403. The average molecular weight is 233 g/mol. The molecule has 1 saturated heterocycles. The van der Waals surface area contributed by atoms with Crippen LogP contribution in [-0.4, -0.2) is 28.9 Å². The molecule has 0 spiro atoms. The maximum absolute atomic E-state index is 11.4. The smallest absolute Gasteiger partial charge is 0.134 e. The summed E-state index contributed by atoms with van der Waals surface area (Å²) in [4.78, 5) is 13.7. The van der Waals surface area contributed by atoms with E-state index in [0.717, 1.165) is 38.0 Å². The fourth-order valence-electron chi connectivity index (χ4n) is 2.44. The molecule has 1 heterocycles. The van der Waals surface area contributed by atoms with Crippen LogP contribution in [0.1, 0.15) is 25.3 Å². The first-order chi connectivity index (χ1) is 8.15. The van der Waals surface area contributed by atoms with E-state index in [4.69, 9.17) is 0 Å². The highest BCUT2D eigenvalue weighted by Crippen LogP contribution is 2.20. The molecular formula is C14H19NO2. The average Bonchev–Trinajstić information content (AvgIpc) is 2.29. The molecule has 1 aromatic carbocycles. The van der Waals surface area contributed by atoms with Gasteiger partial charge in [-0.3, -0.25) is 9.69 Å². The predicted molar refractivity (Wildman–Crippen MR) is 66.8 cm³/mol. The second-order valence-electron chi connectivity index (χ2n) is 4.85. The SMILES string of the molecule is CC(=O)C1CCCN(Cc2cccc(O)c2)C1. The summed E-state index contributed by atoms with van der Waals surface area (Å²) in [5, 5.41) is 9.41. The second-order valence-corrected chi connectivity index (χ2v) is 4.85. The first-order valence-corrected chi connectivity index (χ1v) is 6.16. The molecule has 0 saturated carbocycles. The van der Waals surface area contributed by atoms with Crippen molar-refractivity contribution < 1.29 is 9.90 Å². The summed E-state index contributed by atoms with van der Waals surface area (Å²) < 4.78 is 0. The van der Waals surface area contributed by atoms with Crippen LogP contribution in [0.5, 0.6) is 5.75 Å². The van der Waals surface area contributed by atoms with Crippen LogP contribution < -0.4 is 0 Å². The van der Waals surface area contributed by atoms with E-state index in [0.29, 0.717) is 11.5 Å². The van der Waals surface area contributed by atoms with Gasteiger partial charge in [0.05, 0.1) is 0 Å². The molecule has 1 aromatic rings. The molecule has 1 fully saturated rings. The number of phenols is 1. The monoisotopic (exact) mass is 233 g/mol. The van der Waals surface area contributed by atoms with E-state index in [9.17, 15) is 9.90 Å². The Morgan fingerprint density at radius 2 is 2.35 bits per heavy atom. The van der Waals surface area contributed by atoms with Gasteiger partial charge in [0.25, 0.3) is 0 Å². The standard InChI is InChI=1S/C14H19NO2/c1-11(16)13-5-3-7-15(10-13)9-12-4-2-6-14(17)8-12/h2,4,6,8,13,17H,3,5,7,9-10H2,1H3. The number of piperidine rings is 1. The summed E-state index contributed by atoms with van der Waals surface area (Å²) in [6, 6.07) is 7.34. The molecule has 1 aliphatic heterocycles. The zero-order valence-corrected chi connectivity index (χ0v) is 10.2. The fraction of sp³-hybridized carbons (Fsp3) is 0.500. The lowest BCUT2D eigenvalue weighted by Crippen LogP contribution is -2.37. The number of ketones is 1. The fourth-order valence-corrected chi connectivity index (χ4v) is 2.44. The van der Waals surface area contributed by atoms with Gasteiger partial charge in [-0.15, -0.1) is 0 Å². The molecule has 0 radical (unpaired) electrons. The van der Waals surface area contributed by atoms with Crippen molar-refractivity contribution in [2.45, 2.75) is 26.3 Å². The largest absolute Gasteiger partial charge is 0.508 e. The molecule has 3 nitrogen and oxygen atoms in total. The van der Waals surface area contributed by atoms with Crippen molar-refractivity contribution in [3.8, 4) is 5.75 Å². The van der Waals surface area contributed by atoms with Crippen molar-refractivity contribution in [2.24, 2.45) is 5.92 Å². The number of rotatable bonds is 3. The van der Waals surface area contributed by atoms with E-state index in [1.54, 1.807) is 19.1 Å². The maximum atomic E-state index is 11.4. The van der Waals surface area contributed by atoms with Gasteiger partial charge in [-0.2, -0.15) is 0 Å². The van der Waals surface area contributed by atoms with Crippen LogP contribution in [0.15, 0.2) is 24.3 Å². The van der Waals surface area contributed by atoms with Crippen molar-refractivity contribution >= 4 is 5.78 Å². The summed E-state index contributed by atoms with van der Waals surface area (Å²) in [5.41, 5.74) is 1.11. The molecule has 0 amide bonds. The number of phenolic OH excluding ortho intramolecular Hbond substituents is 1. The predicted octanol–water partition coefficient (Wildman–Crippen LogP) is 2.19. The van der Waals surface area contributed by atoms with E-state index >= 15 is 0 Å². The minimum Gasteiger partial charge on any atom is -0.508 e. The summed E-state index contributed by atoms with van der Waals surface area (Å²) >= 11 is 0. The number of benzene rings is 1. The summed E-state index contributed by atoms with van der Waals surface area (Å²) in [6.45, 7) is 4.39. The van der Waals surface area contributed by atoms with Crippen molar-refractivity contribution in [1.82, 2.24) is 4.90 Å². The van der Waals surface area contributed by atoms with Crippen molar-refractivity contribution in [1.29, 1.82) is 0 Å². The lowest BCUT2D eigenvalue weighted by Gasteiger charge is -2.31. The third-order valence-electron chi connectivity index (χ3n) is 3.40. The summed E-state index contributed by atoms with van der Waals surface area (Å²) in [6.07, 6.45) is 2.11. The molecule has 1 aliphatic rings. The second kappa shape index (κ2) is 5.32. The van der Waals surface area contributed by atoms with Gasteiger partial charge in [0, 0.05) is 19.0 Å². The van der Waals surface area contributed by atoms with E-state index in [2.05, 4.69) is 4.90 Å². The molecule has 0 bridgehead atoms. The van der Waals surface area contributed by atoms with Gasteiger partial charge in [-0.05, 0) is 44.0 Å². The van der Waals surface area contributed by atoms with E-state index < -0.39 is 0 Å². The van der Waals surface area contributed by atoms with Crippen molar-refractivity contribution in [2.75, 3.05) is 13.1 Å². The van der Waals surface area contributed by atoms with Crippen LogP contribution in [-0.2, 0) is 11.3 Å². The Labute approximate surface area is 102 Å². The van der Waals surface area contributed by atoms with Crippen LogP contribution in [0.4, 0.5) is 0 Å². The third-order valence-corrected chi connectivity index (χ3v) is 3.40. The third kappa shape index (κ3) is 3.30. The molecule has 92 valence electrons. The molecule has 3 heteroatoms. The molecule has 2 rings (SSSR count). The van der Waals surface area contributed by atoms with Gasteiger partial charge in [0.2, 0.25) is 0 Å². The van der Waals surface area contributed by atoms with E-state index in [-0.39, 0.29) is 5.92 Å². The first-order valence-electron chi connectivity index (χ1n) is 6.16. The Morgan fingerprint density at radius 1 is 1.53 bits per heavy atom. The van der Waals surface area contributed by atoms with Crippen molar-refractivity contribution in [3.63, 3.8) is 0 Å². The molecule has 1 unspecified atom stereocenters. The van der Waals surface area contributed by atoms with Gasteiger partial charge in [-0.1, -0.05) is 12.1 Å². The highest BCUT2D eigenvalue weighted by atomic mass is 16.3. The van der Waals surface area contributed by atoms with Crippen LogP contribution in [0, 0.1) is 5.92 Å². The zero-order chi connectivity index (χ0) is 12.3. The first kappa shape index (κ1) is 12.1. The zero-order valence-electron chi connectivity index (χ0n) is 10.2. The number of aromatic hydroxyl groups is 1. The normalized spacial score (nSPS) is 21.4. The minimum atomic E-state index is 0.195. The van der Waals surface area contributed by atoms with Crippen molar-refractivity contribution in [3.05, 3.63) is 29.8 Å². The molecule has 0 aliphatic carbocycles. The summed E-state index contributed by atoms with van der Waals surface area (Å²) in [7, 11) is 0. The Morgan fingerprint density at radius 3 is 3.06 bits per heavy atom. The number of likely N-dealkylation sites (tertiary alicyclic amines) is 1. The quantitative estimate of drug-likeness (QED) is 0.870. The summed E-state index contributed by atoms with van der Waals surface area (Å²) in [5.74, 6) is 0.800. The maximum Gasteiger partial charge on any atom is 0.134 e. The molecular weight excluding hydrogens is 214 g/mol. The number of hydrogen-bond acceptors (Lipinski definition) is 3. The highest BCUT2D eigenvalue weighted by Gasteiger charge is 2.22. The van der Waals surface area contributed by atoms with Gasteiger partial charge >= 0.3 is 0 Å². The lowest BCUT2D eigenvalue weighted by atomic mass is 9.94. The van der Waals surface area contributed by atoms with Crippen LogP contribution in [0.3, 0.4) is 0 Å².